The van der Waals surface area contributed by atoms with E-state index in [4.69, 9.17) is 4.74 Å². The summed E-state index contributed by atoms with van der Waals surface area (Å²) in [4.78, 5) is 29.1. The maximum Gasteiger partial charge on any atom is 0.394 e. The normalized spacial score (nSPS) is 17.7. The van der Waals surface area contributed by atoms with E-state index in [0.29, 0.717) is 30.2 Å². The van der Waals surface area contributed by atoms with Crippen molar-refractivity contribution < 1.29 is 32.4 Å². The van der Waals surface area contributed by atoms with Gasteiger partial charge in [0.05, 0.1) is 18.7 Å². The van der Waals surface area contributed by atoms with Crippen molar-refractivity contribution in [3.05, 3.63) is 71.8 Å². The van der Waals surface area contributed by atoms with Crippen LogP contribution in [0.15, 0.2) is 60.7 Å². The molecule has 2 unspecified atom stereocenters. The summed E-state index contributed by atoms with van der Waals surface area (Å²) in [7, 11) is 4.25. The lowest BCUT2D eigenvalue weighted by molar-refractivity contribution is -0.158. The van der Waals surface area contributed by atoms with Crippen LogP contribution in [0.25, 0.3) is 0 Å². The van der Waals surface area contributed by atoms with Crippen molar-refractivity contribution in [1.82, 2.24) is 0 Å². The number of amides is 1. The molecule has 0 saturated carbocycles. The summed E-state index contributed by atoms with van der Waals surface area (Å²) in [5, 5.41) is 2.28. The Bertz CT molecular complexity index is 1460. The standard InChI is InChI=1S/C29H32F2NO5P3/c1-29(30,31)37-18-11-9-17(10-12-18)23(33)15-20-21(27-24(38)13-19(36-2)14-25(27)39)16-32(28(20)34)22-7-5-6-8-26(22)40(3,4)35/h5-14,20-21H,15-16,38-39H2,1-4H3/t20-,21+/m0/s1. The number of Topliss-reactive ketones (excluding diaryl/α,β-unsaturated/α-hetero) is 1. The highest BCUT2D eigenvalue weighted by atomic mass is 31.2. The van der Waals surface area contributed by atoms with Gasteiger partial charge in [0.15, 0.2) is 5.78 Å². The molecule has 0 aromatic heterocycles. The first-order valence-electron chi connectivity index (χ1n) is 12.6. The van der Waals surface area contributed by atoms with E-state index >= 15 is 0 Å². The lowest BCUT2D eigenvalue weighted by Gasteiger charge is -2.23. The van der Waals surface area contributed by atoms with Crippen molar-refractivity contribution in [3.8, 4) is 11.5 Å². The summed E-state index contributed by atoms with van der Waals surface area (Å²) in [6.07, 6.45) is -3.44. The minimum absolute atomic E-state index is 0.0660. The van der Waals surface area contributed by atoms with Crippen LogP contribution in [0.4, 0.5) is 14.5 Å². The van der Waals surface area contributed by atoms with Crippen molar-refractivity contribution in [2.75, 3.05) is 31.9 Å². The van der Waals surface area contributed by atoms with Gasteiger partial charge < -0.3 is 18.9 Å². The molecule has 0 aliphatic carbocycles. The Kier molecular flexibility index (Phi) is 8.85. The number of carbonyl (C=O) groups excluding carboxylic acids is 2. The lowest BCUT2D eigenvalue weighted by atomic mass is 9.84. The Morgan fingerprint density at radius 2 is 1.65 bits per heavy atom. The molecule has 1 amide bonds. The van der Waals surface area contributed by atoms with Crippen molar-refractivity contribution in [2.45, 2.75) is 25.4 Å². The third kappa shape index (κ3) is 6.62. The molecule has 1 fully saturated rings. The molecule has 0 N–H and O–H groups in total. The van der Waals surface area contributed by atoms with Gasteiger partial charge in [-0.2, -0.15) is 8.78 Å². The second kappa shape index (κ2) is 11.7. The molecule has 0 spiro atoms. The van der Waals surface area contributed by atoms with Crippen LogP contribution in [0.3, 0.4) is 0 Å². The van der Waals surface area contributed by atoms with Gasteiger partial charge in [0, 0.05) is 36.7 Å². The van der Waals surface area contributed by atoms with Gasteiger partial charge in [0.25, 0.3) is 0 Å². The fraction of sp³-hybridized carbons (Fsp3) is 0.310. The number of methoxy groups -OCH3 is 1. The molecule has 0 bridgehead atoms. The minimum Gasteiger partial charge on any atom is -0.497 e. The quantitative estimate of drug-likeness (QED) is 0.255. The van der Waals surface area contributed by atoms with Gasteiger partial charge >= 0.3 is 6.11 Å². The van der Waals surface area contributed by atoms with Crippen LogP contribution in [-0.4, -0.2) is 44.8 Å². The maximum atomic E-state index is 14.0. The van der Waals surface area contributed by atoms with Crippen LogP contribution in [0.5, 0.6) is 11.5 Å². The van der Waals surface area contributed by atoms with Crippen LogP contribution in [0.2, 0.25) is 0 Å². The number of alkyl halides is 2. The fourth-order valence-corrected chi connectivity index (χ4v) is 7.57. The van der Waals surface area contributed by atoms with E-state index in [2.05, 4.69) is 23.2 Å². The van der Waals surface area contributed by atoms with E-state index in [1.54, 1.807) is 49.6 Å². The molecule has 4 atom stereocenters. The van der Waals surface area contributed by atoms with Crippen LogP contribution in [0.1, 0.15) is 35.2 Å². The maximum absolute atomic E-state index is 14.0. The van der Waals surface area contributed by atoms with Crippen LogP contribution >= 0.6 is 25.6 Å². The molecule has 1 aliphatic rings. The van der Waals surface area contributed by atoms with E-state index in [0.717, 1.165) is 16.2 Å². The molecule has 11 heteroatoms. The molecule has 1 aliphatic heterocycles. The number of hydrogen-bond donors (Lipinski definition) is 0. The Balaban J connectivity index is 1.73. The molecule has 1 saturated heterocycles. The summed E-state index contributed by atoms with van der Waals surface area (Å²) in [5.74, 6) is -1.01. The number of hydrogen-bond acceptors (Lipinski definition) is 5. The number of halogens is 2. The predicted octanol–water partition coefficient (Wildman–Crippen LogP) is 4.96. The Hall–Kier alpha value is -2.65. The molecular formula is C29H32F2NO5P3. The Morgan fingerprint density at radius 1 is 1.05 bits per heavy atom. The van der Waals surface area contributed by atoms with E-state index in [9.17, 15) is 22.9 Å². The molecule has 1 heterocycles. The van der Waals surface area contributed by atoms with Crippen LogP contribution < -0.4 is 30.3 Å². The lowest BCUT2D eigenvalue weighted by Crippen LogP contribution is -2.31. The Labute approximate surface area is 237 Å². The molecule has 0 radical (unpaired) electrons. The summed E-state index contributed by atoms with van der Waals surface area (Å²) < 4.78 is 49.5. The largest absolute Gasteiger partial charge is 0.497 e. The monoisotopic (exact) mass is 605 g/mol. The number of ether oxygens (including phenoxy) is 2. The number of nitrogens with zero attached hydrogens (tertiary/aromatic N) is 1. The van der Waals surface area contributed by atoms with E-state index < -0.39 is 19.2 Å². The second-order valence-electron chi connectivity index (χ2n) is 10.3. The molecule has 3 aromatic rings. The number of ketones is 1. The molecule has 40 heavy (non-hydrogen) atoms. The smallest absolute Gasteiger partial charge is 0.394 e. The molecule has 4 rings (SSSR count). The zero-order valence-corrected chi connectivity index (χ0v) is 25.9. The van der Waals surface area contributed by atoms with E-state index in [1.807, 2.05) is 12.1 Å². The van der Waals surface area contributed by atoms with Crippen LogP contribution in [-0.2, 0) is 9.36 Å². The molecule has 3 aromatic carbocycles. The van der Waals surface area contributed by atoms with E-state index in [1.165, 1.54) is 24.3 Å². The van der Waals surface area contributed by atoms with Crippen molar-refractivity contribution in [2.24, 2.45) is 5.92 Å². The van der Waals surface area contributed by atoms with Crippen molar-refractivity contribution in [3.63, 3.8) is 0 Å². The SMILES string of the molecule is COc1cc(P)c([C@@H]2CN(c3ccccc3P(C)(C)=O)C(=O)[C@H]2CC(=O)c2ccc(OC(C)(F)F)cc2)c(P)c1. The third-order valence-electron chi connectivity index (χ3n) is 6.90. The number of benzene rings is 3. The molecule has 212 valence electrons. The second-order valence-corrected chi connectivity index (χ2v) is 14.7. The summed E-state index contributed by atoms with van der Waals surface area (Å²) in [5.41, 5.74) is 1.76. The summed E-state index contributed by atoms with van der Waals surface area (Å²) in [6, 6.07) is 16.3. The zero-order chi connectivity index (χ0) is 29.4. The third-order valence-corrected chi connectivity index (χ3v) is 9.40. The van der Waals surface area contributed by atoms with Crippen LogP contribution in [0, 0.1) is 5.92 Å². The average Bonchev–Trinajstić information content (AvgIpc) is 3.17. The van der Waals surface area contributed by atoms with Gasteiger partial charge in [-0.3, -0.25) is 9.59 Å². The fourth-order valence-electron chi connectivity index (χ4n) is 5.12. The van der Waals surface area contributed by atoms with Crippen molar-refractivity contribution >= 4 is 58.9 Å². The summed E-state index contributed by atoms with van der Waals surface area (Å²) >= 11 is 0. The first-order chi connectivity index (χ1) is 18.7. The number of carbonyl (C=O) groups is 2. The predicted molar refractivity (Wildman–Crippen MR) is 162 cm³/mol. The first-order valence-corrected chi connectivity index (χ1v) is 16.3. The number of para-hydroxylation sites is 1. The highest BCUT2D eigenvalue weighted by Crippen LogP contribution is 2.43. The van der Waals surface area contributed by atoms with Gasteiger partial charge in [0.2, 0.25) is 5.91 Å². The zero-order valence-electron chi connectivity index (χ0n) is 22.7. The Morgan fingerprint density at radius 3 is 2.20 bits per heavy atom. The topological polar surface area (TPSA) is 72.9 Å². The molecular weight excluding hydrogens is 573 g/mol. The summed E-state index contributed by atoms with van der Waals surface area (Å²) in [6.45, 7) is 4.26. The first kappa shape index (κ1) is 30.3. The number of anilines is 1. The number of rotatable bonds is 9. The highest BCUT2D eigenvalue weighted by Gasteiger charge is 2.45. The van der Waals surface area contributed by atoms with Gasteiger partial charge in [0.1, 0.15) is 18.6 Å². The highest BCUT2D eigenvalue weighted by molar-refractivity contribution is 7.70. The van der Waals surface area contributed by atoms with E-state index in [-0.39, 0.29) is 35.3 Å². The van der Waals surface area contributed by atoms with Gasteiger partial charge in [-0.25, -0.2) is 0 Å². The molecule has 6 nitrogen and oxygen atoms in total. The van der Waals surface area contributed by atoms with Gasteiger partial charge in [-0.1, -0.05) is 12.1 Å². The van der Waals surface area contributed by atoms with Gasteiger partial charge in [-0.05, 0) is 78.0 Å². The van der Waals surface area contributed by atoms with Crippen molar-refractivity contribution in [1.29, 1.82) is 0 Å². The minimum atomic E-state index is -3.35. The average molecular weight is 605 g/mol. The van der Waals surface area contributed by atoms with Gasteiger partial charge in [-0.15, -0.1) is 18.5 Å².